The maximum Gasteiger partial charge on any atom is 0.231 e. The van der Waals surface area contributed by atoms with Crippen molar-refractivity contribution in [2.45, 2.75) is 31.6 Å². The molecule has 0 spiro atoms. The van der Waals surface area contributed by atoms with Crippen LogP contribution in [0.1, 0.15) is 42.7 Å². The zero-order valence-corrected chi connectivity index (χ0v) is 22.5. The van der Waals surface area contributed by atoms with Crippen LogP contribution in [0.25, 0.3) is 6.08 Å². The van der Waals surface area contributed by atoms with Gasteiger partial charge in [-0.2, -0.15) is 0 Å². The van der Waals surface area contributed by atoms with Gasteiger partial charge in [0.2, 0.25) is 25.4 Å². The van der Waals surface area contributed by atoms with Gasteiger partial charge in [0.05, 0.1) is 11.8 Å². The third-order valence-corrected chi connectivity index (χ3v) is 8.84. The molecule has 4 heterocycles. The first kappa shape index (κ1) is 25.1. The number of ether oxygens (including phenoxy) is 4. The van der Waals surface area contributed by atoms with Crippen LogP contribution < -0.4 is 18.9 Å². The molecular weight excluding hydrogens is 508 g/mol. The zero-order valence-electron chi connectivity index (χ0n) is 22.5. The number of carbonyl (C=O) groups excluding carboxylic acids is 2. The van der Waals surface area contributed by atoms with E-state index in [1.54, 1.807) is 0 Å². The van der Waals surface area contributed by atoms with Crippen LogP contribution in [0, 0.1) is 17.8 Å². The van der Waals surface area contributed by atoms with Crippen molar-refractivity contribution in [1.82, 2.24) is 9.80 Å². The summed E-state index contributed by atoms with van der Waals surface area (Å²) in [6.45, 7) is 3.48. The first-order valence-corrected chi connectivity index (χ1v) is 14.4. The van der Waals surface area contributed by atoms with Crippen molar-refractivity contribution in [3.63, 3.8) is 0 Å². The topological polar surface area (TPSA) is 77.5 Å². The van der Waals surface area contributed by atoms with E-state index in [0.717, 1.165) is 68.7 Å². The second-order valence-corrected chi connectivity index (χ2v) is 11.2. The van der Waals surface area contributed by atoms with Crippen LogP contribution >= 0.6 is 0 Å². The SMILES string of the molecule is O=C(C1C=CC(c2ccc3c(c2)OCO3)C(C(=O)N2CCCC2)C1C=Cc1ccc2c(c1)OCO2)N1CCCC1. The van der Waals surface area contributed by atoms with Crippen molar-refractivity contribution < 1.29 is 28.5 Å². The fourth-order valence-electron chi connectivity index (χ4n) is 6.73. The largest absolute Gasteiger partial charge is 0.454 e. The molecule has 8 heteroatoms. The second-order valence-electron chi connectivity index (χ2n) is 11.2. The first-order chi connectivity index (χ1) is 19.7. The van der Waals surface area contributed by atoms with E-state index in [0.29, 0.717) is 17.2 Å². The summed E-state index contributed by atoms with van der Waals surface area (Å²) in [5.74, 6) is 1.72. The lowest BCUT2D eigenvalue weighted by Gasteiger charge is -2.40. The number of likely N-dealkylation sites (tertiary alicyclic amines) is 2. The highest BCUT2D eigenvalue weighted by atomic mass is 16.7. The van der Waals surface area contributed by atoms with Crippen molar-refractivity contribution in [3.8, 4) is 23.0 Å². The molecule has 5 aliphatic rings. The first-order valence-electron chi connectivity index (χ1n) is 14.4. The van der Waals surface area contributed by atoms with Crippen LogP contribution in [-0.2, 0) is 9.59 Å². The van der Waals surface area contributed by atoms with Crippen LogP contribution in [0.2, 0.25) is 0 Å². The summed E-state index contributed by atoms with van der Waals surface area (Å²) in [5, 5.41) is 0. The Bertz CT molecular complexity index is 1360. The van der Waals surface area contributed by atoms with Crippen LogP contribution in [0.4, 0.5) is 0 Å². The number of carbonyl (C=O) groups is 2. The fourth-order valence-corrected chi connectivity index (χ4v) is 6.73. The highest BCUT2D eigenvalue weighted by Crippen LogP contribution is 2.46. The van der Waals surface area contributed by atoms with Gasteiger partial charge in [-0.15, -0.1) is 0 Å². The van der Waals surface area contributed by atoms with Gasteiger partial charge in [0.15, 0.2) is 23.0 Å². The van der Waals surface area contributed by atoms with Crippen LogP contribution in [0.5, 0.6) is 23.0 Å². The molecule has 2 amide bonds. The Hall–Kier alpha value is -3.94. The van der Waals surface area contributed by atoms with Crippen molar-refractivity contribution in [1.29, 1.82) is 0 Å². The van der Waals surface area contributed by atoms with Crippen LogP contribution in [0.3, 0.4) is 0 Å². The molecule has 1 aliphatic carbocycles. The Morgan fingerprint density at radius 2 is 1.30 bits per heavy atom. The molecule has 4 aliphatic heterocycles. The summed E-state index contributed by atoms with van der Waals surface area (Å²) in [7, 11) is 0. The van der Waals surface area contributed by atoms with E-state index in [9.17, 15) is 9.59 Å². The Morgan fingerprint density at radius 3 is 2.00 bits per heavy atom. The molecule has 2 saturated heterocycles. The lowest BCUT2D eigenvalue weighted by molar-refractivity contribution is -0.140. The maximum atomic E-state index is 14.3. The summed E-state index contributed by atoms with van der Waals surface area (Å²) in [6, 6.07) is 11.8. The molecule has 2 aromatic carbocycles. The third kappa shape index (κ3) is 4.59. The number of hydrogen-bond acceptors (Lipinski definition) is 6. The highest BCUT2D eigenvalue weighted by Gasteiger charge is 2.46. The normalized spacial score (nSPS) is 26.7. The molecule has 2 fully saturated rings. The minimum absolute atomic E-state index is 0.109. The molecule has 208 valence electrons. The van der Waals surface area contributed by atoms with E-state index in [4.69, 9.17) is 18.9 Å². The minimum atomic E-state index is -0.426. The molecular formula is C32H34N2O6. The highest BCUT2D eigenvalue weighted by molar-refractivity contribution is 5.87. The molecule has 8 nitrogen and oxygen atoms in total. The molecule has 0 aromatic heterocycles. The maximum absolute atomic E-state index is 14.3. The number of rotatable bonds is 5. The van der Waals surface area contributed by atoms with Crippen molar-refractivity contribution in [2.75, 3.05) is 39.8 Å². The molecule has 4 unspecified atom stereocenters. The smallest absolute Gasteiger partial charge is 0.231 e. The van der Waals surface area contributed by atoms with Gasteiger partial charge < -0.3 is 28.7 Å². The van der Waals surface area contributed by atoms with Crippen molar-refractivity contribution >= 4 is 17.9 Å². The summed E-state index contributed by atoms with van der Waals surface area (Å²) in [6.07, 6.45) is 12.3. The fraction of sp³-hybridized carbons (Fsp3) is 0.438. The van der Waals surface area contributed by atoms with E-state index in [1.807, 2.05) is 58.4 Å². The van der Waals surface area contributed by atoms with E-state index >= 15 is 0 Å². The number of nitrogens with zero attached hydrogens (tertiary/aromatic N) is 2. The van der Waals surface area contributed by atoms with Crippen molar-refractivity contribution in [3.05, 3.63) is 65.8 Å². The number of benzene rings is 2. The van der Waals surface area contributed by atoms with E-state index < -0.39 is 11.8 Å². The van der Waals surface area contributed by atoms with Crippen LogP contribution in [-0.4, -0.2) is 61.4 Å². The molecule has 4 atom stereocenters. The lowest BCUT2D eigenvalue weighted by Crippen LogP contribution is -2.47. The Kier molecular flexibility index (Phi) is 6.61. The summed E-state index contributed by atoms with van der Waals surface area (Å²) >= 11 is 0. The molecule has 0 bridgehead atoms. The molecule has 0 radical (unpaired) electrons. The number of hydrogen-bond donors (Lipinski definition) is 0. The number of allylic oxidation sites excluding steroid dienone is 2. The molecule has 2 aromatic rings. The van der Waals surface area contributed by atoms with Gasteiger partial charge in [-0.1, -0.05) is 36.4 Å². The summed E-state index contributed by atoms with van der Waals surface area (Å²) in [4.78, 5) is 32.2. The van der Waals surface area contributed by atoms with Gasteiger partial charge in [-0.25, -0.2) is 0 Å². The number of fused-ring (bicyclic) bond motifs is 2. The zero-order chi connectivity index (χ0) is 27.1. The standard InChI is InChI=1S/C32H34N2O6/c35-31(33-13-1-2-14-33)25-10-9-23(22-7-12-27-29(18-22)40-20-38-27)30(32(36)34-15-3-4-16-34)24(25)8-5-21-6-11-26-28(17-21)39-19-37-26/h5-12,17-18,23-25,30H,1-4,13-16,19-20H2. The Labute approximate surface area is 234 Å². The van der Waals surface area contributed by atoms with Crippen LogP contribution in [0.15, 0.2) is 54.6 Å². The average Bonchev–Trinajstić information content (AvgIpc) is 3.81. The Balaban J connectivity index is 1.29. The van der Waals surface area contributed by atoms with Gasteiger partial charge in [-0.05, 0) is 61.1 Å². The van der Waals surface area contributed by atoms with Gasteiger partial charge >= 0.3 is 0 Å². The molecule has 40 heavy (non-hydrogen) atoms. The molecule has 0 N–H and O–H groups in total. The van der Waals surface area contributed by atoms with E-state index in [2.05, 4.69) is 12.2 Å². The monoisotopic (exact) mass is 542 g/mol. The van der Waals surface area contributed by atoms with Gasteiger partial charge in [0.25, 0.3) is 0 Å². The van der Waals surface area contributed by atoms with Gasteiger partial charge in [-0.3, -0.25) is 9.59 Å². The van der Waals surface area contributed by atoms with Gasteiger partial charge in [0, 0.05) is 38.0 Å². The summed E-state index contributed by atoms with van der Waals surface area (Å²) < 4.78 is 22.3. The van der Waals surface area contributed by atoms with Gasteiger partial charge in [0.1, 0.15) is 0 Å². The molecule has 7 rings (SSSR count). The second kappa shape index (κ2) is 10.6. The predicted octanol–water partition coefficient (Wildman–Crippen LogP) is 4.60. The third-order valence-electron chi connectivity index (χ3n) is 8.84. The van der Waals surface area contributed by atoms with Crippen molar-refractivity contribution in [2.24, 2.45) is 17.8 Å². The predicted molar refractivity (Wildman–Crippen MR) is 148 cm³/mol. The minimum Gasteiger partial charge on any atom is -0.454 e. The van der Waals surface area contributed by atoms with E-state index in [-0.39, 0.29) is 37.2 Å². The molecule has 0 saturated carbocycles. The summed E-state index contributed by atoms with van der Waals surface area (Å²) in [5.41, 5.74) is 1.93. The lowest BCUT2D eigenvalue weighted by atomic mass is 9.67. The van der Waals surface area contributed by atoms with E-state index in [1.165, 1.54) is 0 Å². The quantitative estimate of drug-likeness (QED) is 0.514. The number of amides is 2. The Morgan fingerprint density at radius 1 is 0.700 bits per heavy atom. The average molecular weight is 543 g/mol.